The van der Waals surface area contributed by atoms with Gasteiger partial charge in [0.05, 0.1) is 13.0 Å². The summed E-state index contributed by atoms with van der Waals surface area (Å²) in [5, 5.41) is 0. The molecule has 0 unspecified atom stereocenters. The minimum atomic E-state index is -4.81. The van der Waals surface area contributed by atoms with Crippen LogP contribution in [0.5, 0.6) is 0 Å². The highest BCUT2D eigenvalue weighted by Gasteiger charge is 2.36. The molecule has 0 aromatic carbocycles. The van der Waals surface area contributed by atoms with Crippen LogP contribution in [0.15, 0.2) is 5.57 Å². The summed E-state index contributed by atoms with van der Waals surface area (Å²) in [4.78, 5) is 20.3. The highest BCUT2D eigenvalue weighted by molar-refractivity contribution is 5.76. The Bertz CT molecular complexity index is 238. The topological polar surface area (TPSA) is 43.4 Å². The lowest BCUT2D eigenvalue weighted by Crippen LogP contribution is -2.17. The Morgan fingerprint density at radius 1 is 1.46 bits per heavy atom. The van der Waals surface area contributed by atoms with Crippen LogP contribution in [0, 0.1) is 0 Å². The summed E-state index contributed by atoms with van der Waals surface area (Å²) >= 11 is 0. The van der Waals surface area contributed by atoms with E-state index < -0.39 is 24.1 Å². The molecule has 0 amide bonds. The summed E-state index contributed by atoms with van der Waals surface area (Å²) < 4.78 is 39.7. The highest BCUT2D eigenvalue weighted by Crippen LogP contribution is 2.25. The number of carbonyl (C=O) groups is 1. The molecule has 0 bridgehead atoms. The Hall–Kier alpha value is -1.29. The zero-order valence-electron chi connectivity index (χ0n) is 6.77. The number of halogens is 3. The van der Waals surface area contributed by atoms with Crippen molar-refractivity contribution in [2.75, 3.05) is 6.61 Å². The number of esters is 1. The number of ether oxygens (including phenoxy) is 1. The largest absolute Gasteiger partial charge is 0.466 e. The Morgan fingerprint density at radius 2 is 2.00 bits per heavy atom. The first-order valence-electron chi connectivity index (χ1n) is 3.38. The molecular weight excluding hydrogens is 189 g/mol. The average Bonchev–Trinajstić information content (AvgIpc) is 1.98. The molecule has 13 heavy (non-hydrogen) atoms. The SMILES string of the molecule is CCOC(=O)CC(=C=O)C(F)(F)F. The molecule has 0 rings (SSSR count). The normalized spacial score (nSPS) is 10.5. The quantitative estimate of drug-likeness (QED) is 0.504. The van der Waals surface area contributed by atoms with E-state index in [0.717, 1.165) is 0 Å². The Balaban J connectivity index is 4.34. The summed E-state index contributed by atoms with van der Waals surface area (Å²) in [5.41, 5.74) is -1.55. The van der Waals surface area contributed by atoms with Crippen LogP contribution >= 0.6 is 0 Å². The molecule has 0 aromatic heterocycles. The van der Waals surface area contributed by atoms with Crippen molar-refractivity contribution in [3.63, 3.8) is 0 Å². The van der Waals surface area contributed by atoms with E-state index in [4.69, 9.17) is 0 Å². The Labute approximate surface area is 72.2 Å². The lowest BCUT2D eigenvalue weighted by atomic mass is 10.2. The number of alkyl halides is 3. The van der Waals surface area contributed by atoms with Crippen LogP contribution in [0.4, 0.5) is 13.2 Å². The predicted molar refractivity (Wildman–Crippen MR) is 36.5 cm³/mol. The van der Waals surface area contributed by atoms with Crippen molar-refractivity contribution in [3.05, 3.63) is 5.57 Å². The molecule has 3 nitrogen and oxygen atoms in total. The zero-order chi connectivity index (χ0) is 10.5. The van der Waals surface area contributed by atoms with Crippen molar-refractivity contribution in [1.82, 2.24) is 0 Å². The van der Waals surface area contributed by atoms with Crippen LogP contribution in [0.25, 0.3) is 0 Å². The second-order valence-corrected chi connectivity index (χ2v) is 2.06. The standard InChI is InChI=1S/C7H7F3O3/c1-2-13-6(12)3-5(4-11)7(8,9)10/h2-3H2,1H3. The van der Waals surface area contributed by atoms with Crippen molar-refractivity contribution >= 4 is 11.9 Å². The minimum Gasteiger partial charge on any atom is -0.466 e. The molecule has 0 heterocycles. The first-order chi connectivity index (χ1) is 5.91. The lowest BCUT2D eigenvalue weighted by Gasteiger charge is -2.06. The van der Waals surface area contributed by atoms with Crippen molar-refractivity contribution in [2.24, 2.45) is 0 Å². The van der Waals surface area contributed by atoms with E-state index in [0.29, 0.717) is 5.94 Å². The van der Waals surface area contributed by atoms with Crippen LogP contribution in [-0.2, 0) is 14.3 Å². The monoisotopic (exact) mass is 196 g/mol. The summed E-state index contributed by atoms with van der Waals surface area (Å²) in [7, 11) is 0. The van der Waals surface area contributed by atoms with Gasteiger partial charge in [0.15, 0.2) is 0 Å². The maximum atomic E-state index is 11.8. The van der Waals surface area contributed by atoms with E-state index in [-0.39, 0.29) is 6.61 Å². The molecule has 0 aromatic rings. The smallest absolute Gasteiger partial charge is 0.423 e. The van der Waals surface area contributed by atoms with Gasteiger partial charge in [0.1, 0.15) is 11.5 Å². The summed E-state index contributed by atoms with van der Waals surface area (Å²) in [6.07, 6.45) is -5.89. The third-order valence-electron chi connectivity index (χ3n) is 1.09. The van der Waals surface area contributed by atoms with E-state index in [1.54, 1.807) is 0 Å². The van der Waals surface area contributed by atoms with E-state index in [1.165, 1.54) is 6.92 Å². The van der Waals surface area contributed by atoms with Gasteiger partial charge >= 0.3 is 12.1 Å². The molecular formula is C7H7F3O3. The van der Waals surface area contributed by atoms with Crippen LogP contribution in [0.2, 0.25) is 0 Å². The molecule has 0 saturated heterocycles. The van der Waals surface area contributed by atoms with Crippen LogP contribution in [0.3, 0.4) is 0 Å². The number of hydrogen-bond acceptors (Lipinski definition) is 3. The van der Waals surface area contributed by atoms with Gasteiger partial charge in [-0.05, 0) is 6.92 Å². The molecule has 0 aliphatic rings. The number of carbonyl (C=O) groups excluding carboxylic acids is 2. The van der Waals surface area contributed by atoms with E-state index in [2.05, 4.69) is 4.74 Å². The lowest BCUT2D eigenvalue weighted by molar-refractivity contribution is -0.145. The molecule has 0 radical (unpaired) electrons. The van der Waals surface area contributed by atoms with Crippen LogP contribution in [-0.4, -0.2) is 24.7 Å². The third-order valence-corrected chi connectivity index (χ3v) is 1.09. The zero-order valence-corrected chi connectivity index (χ0v) is 6.77. The van der Waals surface area contributed by atoms with Gasteiger partial charge < -0.3 is 4.74 Å². The van der Waals surface area contributed by atoms with Crippen molar-refractivity contribution in [3.8, 4) is 0 Å². The van der Waals surface area contributed by atoms with Gasteiger partial charge in [-0.25, -0.2) is 4.79 Å². The number of hydrogen-bond donors (Lipinski definition) is 0. The van der Waals surface area contributed by atoms with Gasteiger partial charge in [-0.3, -0.25) is 4.79 Å². The molecule has 0 N–H and O–H groups in total. The Morgan fingerprint density at radius 3 is 2.31 bits per heavy atom. The first kappa shape index (κ1) is 11.7. The third kappa shape index (κ3) is 4.32. The summed E-state index contributed by atoms with van der Waals surface area (Å²) in [6.45, 7) is 1.43. The van der Waals surface area contributed by atoms with E-state index in [1.807, 2.05) is 0 Å². The van der Waals surface area contributed by atoms with Gasteiger partial charge in [-0.1, -0.05) is 0 Å². The van der Waals surface area contributed by atoms with E-state index >= 15 is 0 Å². The number of rotatable bonds is 3. The van der Waals surface area contributed by atoms with Crippen LogP contribution in [0.1, 0.15) is 13.3 Å². The first-order valence-corrected chi connectivity index (χ1v) is 3.38. The fourth-order valence-corrected chi connectivity index (χ4v) is 0.551. The second kappa shape index (κ2) is 4.67. The summed E-state index contributed by atoms with van der Waals surface area (Å²) in [5.74, 6) is -0.413. The van der Waals surface area contributed by atoms with Gasteiger partial charge in [0, 0.05) is 0 Å². The van der Waals surface area contributed by atoms with Crippen molar-refractivity contribution in [2.45, 2.75) is 19.5 Å². The fourth-order valence-electron chi connectivity index (χ4n) is 0.551. The molecule has 0 atom stereocenters. The maximum Gasteiger partial charge on any atom is 0.423 e. The molecule has 74 valence electrons. The average molecular weight is 196 g/mol. The molecule has 0 aliphatic heterocycles. The van der Waals surface area contributed by atoms with Gasteiger partial charge in [-0.15, -0.1) is 0 Å². The van der Waals surface area contributed by atoms with Gasteiger partial charge in [0.2, 0.25) is 0 Å². The second-order valence-electron chi connectivity index (χ2n) is 2.06. The highest BCUT2D eigenvalue weighted by atomic mass is 19.4. The van der Waals surface area contributed by atoms with Crippen LogP contribution < -0.4 is 0 Å². The minimum absolute atomic E-state index is 0.0250. The maximum absolute atomic E-state index is 11.8. The van der Waals surface area contributed by atoms with E-state index in [9.17, 15) is 22.8 Å². The van der Waals surface area contributed by atoms with Crippen molar-refractivity contribution < 1.29 is 27.5 Å². The van der Waals surface area contributed by atoms with Crippen molar-refractivity contribution in [1.29, 1.82) is 0 Å². The molecule has 0 spiro atoms. The fraction of sp³-hybridized carbons (Fsp3) is 0.571. The Kier molecular flexibility index (Phi) is 4.20. The molecule has 6 heteroatoms. The summed E-state index contributed by atoms with van der Waals surface area (Å²) in [6, 6.07) is 0. The molecule has 0 aliphatic carbocycles. The molecule has 0 fully saturated rings. The van der Waals surface area contributed by atoms with Gasteiger partial charge in [0.25, 0.3) is 0 Å². The molecule has 0 saturated carbocycles. The van der Waals surface area contributed by atoms with Gasteiger partial charge in [-0.2, -0.15) is 13.2 Å². The predicted octanol–water partition coefficient (Wildman–Crippen LogP) is 1.26.